The third-order valence-electron chi connectivity index (χ3n) is 4.67. The van der Waals surface area contributed by atoms with E-state index in [-0.39, 0.29) is 5.91 Å². The van der Waals surface area contributed by atoms with Gasteiger partial charge in [0.1, 0.15) is 0 Å². The van der Waals surface area contributed by atoms with E-state index in [2.05, 4.69) is 36.1 Å². The van der Waals surface area contributed by atoms with Crippen molar-refractivity contribution in [1.29, 1.82) is 0 Å². The van der Waals surface area contributed by atoms with Gasteiger partial charge < -0.3 is 20.9 Å². The van der Waals surface area contributed by atoms with Gasteiger partial charge in [-0.2, -0.15) is 0 Å². The third-order valence-corrected chi connectivity index (χ3v) is 4.67. The SMILES string of the molecule is CCCNC(C)(CCCN1CCCC(N(C)C)C1)C(N)=O. The fourth-order valence-corrected chi connectivity index (χ4v) is 3.01. The summed E-state index contributed by atoms with van der Waals surface area (Å²) in [5.74, 6) is -0.235. The average molecular weight is 298 g/mol. The van der Waals surface area contributed by atoms with Gasteiger partial charge in [-0.25, -0.2) is 0 Å². The summed E-state index contributed by atoms with van der Waals surface area (Å²) < 4.78 is 0. The van der Waals surface area contributed by atoms with Gasteiger partial charge in [0, 0.05) is 12.6 Å². The van der Waals surface area contributed by atoms with Gasteiger partial charge in [-0.15, -0.1) is 0 Å². The van der Waals surface area contributed by atoms with Crippen molar-refractivity contribution in [1.82, 2.24) is 15.1 Å². The van der Waals surface area contributed by atoms with E-state index < -0.39 is 5.54 Å². The Morgan fingerprint density at radius 3 is 2.76 bits per heavy atom. The molecule has 0 aliphatic carbocycles. The van der Waals surface area contributed by atoms with E-state index in [1.807, 2.05) is 6.92 Å². The van der Waals surface area contributed by atoms with Gasteiger partial charge in [-0.3, -0.25) is 4.79 Å². The number of rotatable bonds is 9. The Hall–Kier alpha value is -0.650. The van der Waals surface area contributed by atoms with Crippen molar-refractivity contribution >= 4 is 5.91 Å². The molecule has 5 nitrogen and oxygen atoms in total. The number of hydrogen-bond acceptors (Lipinski definition) is 4. The molecule has 1 rings (SSSR count). The fraction of sp³-hybridized carbons (Fsp3) is 0.938. The highest BCUT2D eigenvalue weighted by molar-refractivity contribution is 5.84. The Labute approximate surface area is 130 Å². The first kappa shape index (κ1) is 18.4. The van der Waals surface area contributed by atoms with Crippen molar-refractivity contribution in [2.75, 3.05) is 40.3 Å². The maximum Gasteiger partial charge on any atom is 0.237 e. The van der Waals surface area contributed by atoms with Crippen LogP contribution in [0.15, 0.2) is 0 Å². The maximum atomic E-state index is 11.7. The Kier molecular flexibility index (Phi) is 7.63. The number of hydrogen-bond donors (Lipinski definition) is 2. The maximum absolute atomic E-state index is 11.7. The molecule has 0 bridgehead atoms. The average Bonchev–Trinajstić information content (AvgIpc) is 2.45. The van der Waals surface area contributed by atoms with Gasteiger partial charge in [0.15, 0.2) is 0 Å². The summed E-state index contributed by atoms with van der Waals surface area (Å²) in [6.45, 7) is 8.25. The van der Waals surface area contributed by atoms with Crippen molar-refractivity contribution in [2.24, 2.45) is 5.73 Å². The molecule has 1 heterocycles. The topological polar surface area (TPSA) is 61.6 Å². The number of nitrogens with one attached hydrogen (secondary N) is 1. The van der Waals surface area contributed by atoms with Crippen molar-refractivity contribution < 1.29 is 4.79 Å². The molecule has 1 fully saturated rings. The first-order valence-electron chi connectivity index (χ1n) is 8.32. The van der Waals surface area contributed by atoms with Crippen LogP contribution >= 0.6 is 0 Å². The van der Waals surface area contributed by atoms with Crippen LogP contribution in [0, 0.1) is 0 Å². The zero-order chi connectivity index (χ0) is 15.9. The number of piperidine rings is 1. The lowest BCUT2D eigenvalue weighted by molar-refractivity contribution is -0.124. The first-order valence-corrected chi connectivity index (χ1v) is 8.32. The van der Waals surface area contributed by atoms with Gasteiger partial charge >= 0.3 is 0 Å². The van der Waals surface area contributed by atoms with Crippen molar-refractivity contribution in [3.8, 4) is 0 Å². The van der Waals surface area contributed by atoms with Gasteiger partial charge in [0.25, 0.3) is 0 Å². The number of carbonyl (C=O) groups is 1. The molecule has 0 spiro atoms. The minimum atomic E-state index is -0.563. The summed E-state index contributed by atoms with van der Waals surface area (Å²) in [6.07, 6.45) is 5.39. The highest BCUT2D eigenvalue weighted by atomic mass is 16.1. The smallest absolute Gasteiger partial charge is 0.237 e. The third kappa shape index (κ3) is 5.93. The van der Waals surface area contributed by atoms with E-state index in [1.165, 1.54) is 19.4 Å². The zero-order valence-corrected chi connectivity index (χ0v) is 14.3. The molecule has 0 aromatic rings. The Bertz CT molecular complexity index is 321. The molecule has 1 aliphatic heterocycles. The van der Waals surface area contributed by atoms with E-state index in [0.29, 0.717) is 6.04 Å². The molecule has 1 aliphatic rings. The first-order chi connectivity index (χ1) is 9.89. The van der Waals surface area contributed by atoms with E-state index >= 15 is 0 Å². The van der Waals surface area contributed by atoms with Gasteiger partial charge in [0.05, 0.1) is 5.54 Å². The van der Waals surface area contributed by atoms with Crippen LogP contribution in [0.1, 0.15) is 46.0 Å². The van der Waals surface area contributed by atoms with Gasteiger partial charge in [0.2, 0.25) is 5.91 Å². The number of nitrogens with two attached hydrogens (primary N) is 1. The molecule has 0 aromatic heterocycles. The molecule has 2 unspecified atom stereocenters. The quantitative estimate of drug-likeness (QED) is 0.667. The minimum Gasteiger partial charge on any atom is -0.368 e. The summed E-state index contributed by atoms with van der Waals surface area (Å²) in [5, 5.41) is 3.31. The van der Waals surface area contributed by atoms with Crippen LogP contribution in [0.2, 0.25) is 0 Å². The van der Waals surface area contributed by atoms with Gasteiger partial charge in [-0.1, -0.05) is 6.92 Å². The lowest BCUT2D eigenvalue weighted by Crippen LogP contribution is -2.53. The largest absolute Gasteiger partial charge is 0.368 e. The zero-order valence-electron chi connectivity index (χ0n) is 14.3. The number of nitrogens with zero attached hydrogens (tertiary/aromatic N) is 2. The number of carbonyl (C=O) groups excluding carboxylic acids is 1. The van der Waals surface area contributed by atoms with E-state index in [4.69, 9.17) is 5.73 Å². The van der Waals surface area contributed by atoms with Crippen molar-refractivity contribution in [2.45, 2.75) is 57.5 Å². The molecule has 21 heavy (non-hydrogen) atoms. The van der Waals surface area contributed by atoms with Crippen LogP contribution < -0.4 is 11.1 Å². The van der Waals surface area contributed by atoms with Crippen LogP contribution in [0.4, 0.5) is 0 Å². The predicted molar refractivity (Wildman–Crippen MR) is 88.3 cm³/mol. The van der Waals surface area contributed by atoms with Crippen LogP contribution in [0.3, 0.4) is 0 Å². The number of primary amides is 1. The minimum absolute atomic E-state index is 0.235. The Morgan fingerprint density at radius 2 is 2.19 bits per heavy atom. The molecule has 5 heteroatoms. The number of amides is 1. The summed E-state index contributed by atoms with van der Waals surface area (Å²) >= 11 is 0. The lowest BCUT2D eigenvalue weighted by Gasteiger charge is -2.36. The second-order valence-electron chi connectivity index (χ2n) is 6.79. The summed E-state index contributed by atoms with van der Waals surface area (Å²) in [5.41, 5.74) is 5.01. The van der Waals surface area contributed by atoms with Crippen molar-refractivity contribution in [3.05, 3.63) is 0 Å². The fourth-order valence-electron chi connectivity index (χ4n) is 3.01. The summed E-state index contributed by atoms with van der Waals surface area (Å²) in [4.78, 5) is 16.5. The second-order valence-corrected chi connectivity index (χ2v) is 6.79. The predicted octanol–water partition coefficient (Wildman–Crippen LogP) is 1.04. The highest BCUT2D eigenvalue weighted by Crippen LogP contribution is 2.17. The molecule has 124 valence electrons. The molecule has 1 amide bonds. The second kappa shape index (κ2) is 8.71. The van der Waals surface area contributed by atoms with Crippen LogP contribution in [-0.4, -0.2) is 67.6 Å². The molecule has 2 atom stereocenters. The normalized spacial score (nSPS) is 23.2. The molecule has 0 aromatic carbocycles. The summed E-state index contributed by atoms with van der Waals surface area (Å²) in [6, 6.07) is 0.666. The van der Waals surface area contributed by atoms with Crippen LogP contribution in [0.25, 0.3) is 0 Å². The van der Waals surface area contributed by atoms with E-state index in [9.17, 15) is 4.79 Å². The van der Waals surface area contributed by atoms with Crippen LogP contribution in [0.5, 0.6) is 0 Å². The Balaban J connectivity index is 2.38. The monoisotopic (exact) mass is 298 g/mol. The summed E-state index contributed by atoms with van der Waals surface area (Å²) in [7, 11) is 4.32. The molecule has 0 saturated carbocycles. The number of likely N-dealkylation sites (N-methyl/N-ethyl adjacent to an activating group) is 1. The number of likely N-dealkylation sites (tertiary alicyclic amines) is 1. The molecule has 0 radical (unpaired) electrons. The molecule has 1 saturated heterocycles. The van der Waals surface area contributed by atoms with Crippen LogP contribution in [-0.2, 0) is 4.79 Å². The van der Waals surface area contributed by atoms with Crippen molar-refractivity contribution in [3.63, 3.8) is 0 Å². The molecule has 3 N–H and O–H groups in total. The van der Waals surface area contributed by atoms with Gasteiger partial charge in [-0.05, 0) is 72.8 Å². The highest BCUT2D eigenvalue weighted by Gasteiger charge is 2.30. The van der Waals surface area contributed by atoms with E-state index in [1.54, 1.807) is 0 Å². The van der Waals surface area contributed by atoms with E-state index in [0.717, 1.165) is 38.9 Å². The lowest BCUT2D eigenvalue weighted by atomic mass is 9.94. The molecular formula is C16H34N4O. The Morgan fingerprint density at radius 1 is 1.48 bits per heavy atom. The standard InChI is InChI=1S/C16H34N4O/c1-5-10-18-16(2,15(17)21)9-7-12-20-11-6-8-14(13-20)19(3)4/h14,18H,5-13H2,1-4H3,(H2,17,21). The molecular weight excluding hydrogens is 264 g/mol.